The normalized spacial score (nSPS) is 17.9. The van der Waals surface area contributed by atoms with Crippen LogP contribution in [0.15, 0.2) is 48.5 Å². The van der Waals surface area contributed by atoms with Crippen molar-refractivity contribution in [3.63, 3.8) is 0 Å². The van der Waals surface area contributed by atoms with E-state index in [0.29, 0.717) is 17.0 Å². The lowest BCUT2D eigenvalue weighted by atomic mass is 9.81. The highest BCUT2D eigenvalue weighted by Crippen LogP contribution is 2.35. The maximum Gasteiger partial charge on any atom is 0.254 e. The van der Waals surface area contributed by atoms with Crippen LogP contribution in [0.1, 0.15) is 98.5 Å². The predicted molar refractivity (Wildman–Crippen MR) is 146 cm³/mol. The first-order chi connectivity index (χ1) is 17.1. The second-order valence-corrected chi connectivity index (χ2v) is 10.4. The summed E-state index contributed by atoms with van der Waals surface area (Å²) in [6, 6.07) is 16.7. The Morgan fingerprint density at radius 1 is 0.943 bits per heavy atom. The molecule has 0 unspecified atom stereocenters. The molecule has 0 aromatic heterocycles. The van der Waals surface area contributed by atoms with Crippen LogP contribution in [0.2, 0.25) is 5.02 Å². The molecule has 4 nitrogen and oxygen atoms in total. The number of amides is 1. The number of aliphatic hydroxyl groups excluding tert-OH is 1. The standard InChI is InChI=1S/C30H43ClN2O2/c1-2-3-4-6-21-33(30(35)27-12-16-28(31)17-13-27)29-18-14-26(15-19-29)25-10-8-24(9-11-25)23-32-20-5-7-22-34/h8-13,16-17,26,29,32,34H,2-7,14-15,18-23H2,1H3. The Kier molecular flexibility index (Phi) is 12.1. The Morgan fingerprint density at radius 2 is 1.66 bits per heavy atom. The SMILES string of the molecule is CCCCCCN(C(=O)c1ccc(Cl)cc1)C1CCC(c2ccc(CNCCCCO)cc2)CC1. The molecule has 0 aliphatic heterocycles. The van der Waals surface area contributed by atoms with E-state index in [1.54, 1.807) is 0 Å². The summed E-state index contributed by atoms with van der Waals surface area (Å²) in [5, 5.41) is 13.0. The number of benzene rings is 2. The molecule has 1 saturated carbocycles. The zero-order chi connectivity index (χ0) is 24.9. The van der Waals surface area contributed by atoms with E-state index in [0.717, 1.165) is 70.1 Å². The highest BCUT2D eigenvalue weighted by atomic mass is 35.5. The van der Waals surface area contributed by atoms with Crippen molar-refractivity contribution in [2.45, 2.75) is 89.6 Å². The first-order valence-electron chi connectivity index (χ1n) is 13.6. The topological polar surface area (TPSA) is 52.6 Å². The average Bonchev–Trinajstić information content (AvgIpc) is 2.89. The quantitative estimate of drug-likeness (QED) is 0.277. The van der Waals surface area contributed by atoms with Crippen molar-refractivity contribution in [1.82, 2.24) is 10.2 Å². The lowest BCUT2D eigenvalue weighted by Gasteiger charge is -2.37. The fourth-order valence-corrected chi connectivity index (χ4v) is 5.27. The summed E-state index contributed by atoms with van der Waals surface area (Å²) in [4.78, 5) is 15.6. The molecular formula is C30H43ClN2O2. The van der Waals surface area contributed by atoms with Gasteiger partial charge in [-0.1, -0.05) is 62.1 Å². The largest absolute Gasteiger partial charge is 0.396 e. The van der Waals surface area contributed by atoms with Gasteiger partial charge in [-0.3, -0.25) is 4.79 Å². The molecule has 192 valence electrons. The van der Waals surface area contributed by atoms with E-state index in [4.69, 9.17) is 16.7 Å². The van der Waals surface area contributed by atoms with E-state index in [2.05, 4.69) is 41.4 Å². The van der Waals surface area contributed by atoms with Gasteiger partial charge in [0.2, 0.25) is 0 Å². The predicted octanol–water partition coefficient (Wildman–Crippen LogP) is 6.95. The van der Waals surface area contributed by atoms with E-state index in [1.165, 1.54) is 30.4 Å². The van der Waals surface area contributed by atoms with E-state index >= 15 is 0 Å². The summed E-state index contributed by atoms with van der Waals surface area (Å²) in [6.45, 7) is 5.15. The van der Waals surface area contributed by atoms with Gasteiger partial charge in [-0.15, -0.1) is 0 Å². The van der Waals surface area contributed by atoms with Crippen LogP contribution >= 0.6 is 11.6 Å². The molecule has 0 saturated heterocycles. The number of nitrogens with zero attached hydrogens (tertiary/aromatic N) is 1. The lowest BCUT2D eigenvalue weighted by Crippen LogP contribution is -2.42. The number of unbranched alkanes of at least 4 members (excludes halogenated alkanes) is 4. The second-order valence-electron chi connectivity index (χ2n) is 9.92. The maximum atomic E-state index is 13.4. The summed E-state index contributed by atoms with van der Waals surface area (Å²) in [5.74, 6) is 0.725. The monoisotopic (exact) mass is 498 g/mol. The van der Waals surface area contributed by atoms with Gasteiger partial charge in [-0.25, -0.2) is 0 Å². The first-order valence-corrected chi connectivity index (χ1v) is 14.0. The number of aliphatic hydroxyl groups is 1. The van der Waals surface area contributed by atoms with Crippen molar-refractivity contribution in [3.8, 4) is 0 Å². The molecule has 2 N–H and O–H groups in total. The smallest absolute Gasteiger partial charge is 0.254 e. The summed E-state index contributed by atoms with van der Waals surface area (Å²) < 4.78 is 0. The van der Waals surface area contributed by atoms with Gasteiger partial charge in [0.1, 0.15) is 0 Å². The molecule has 1 aliphatic rings. The van der Waals surface area contributed by atoms with Gasteiger partial charge in [0, 0.05) is 36.3 Å². The minimum atomic E-state index is 0.150. The van der Waals surface area contributed by atoms with E-state index < -0.39 is 0 Å². The lowest BCUT2D eigenvalue weighted by molar-refractivity contribution is 0.0621. The first kappa shape index (κ1) is 27.7. The van der Waals surface area contributed by atoms with Gasteiger partial charge < -0.3 is 15.3 Å². The Labute approximate surface area is 217 Å². The van der Waals surface area contributed by atoms with Gasteiger partial charge >= 0.3 is 0 Å². The molecule has 0 heterocycles. The zero-order valence-electron chi connectivity index (χ0n) is 21.4. The van der Waals surface area contributed by atoms with Crippen molar-refractivity contribution in [3.05, 3.63) is 70.2 Å². The van der Waals surface area contributed by atoms with Crippen LogP contribution in [0.3, 0.4) is 0 Å². The van der Waals surface area contributed by atoms with E-state index in [-0.39, 0.29) is 12.5 Å². The van der Waals surface area contributed by atoms with Crippen LogP contribution in [-0.4, -0.2) is 41.7 Å². The third-order valence-corrected chi connectivity index (χ3v) is 7.54. The Hall–Kier alpha value is -1.88. The third-order valence-electron chi connectivity index (χ3n) is 7.28. The molecule has 35 heavy (non-hydrogen) atoms. The number of carbonyl (C=O) groups excluding carboxylic acids is 1. The highest BCUT2D eigenvalue weighted by Gasteiger charge is 2.29. The number of nitrogens with one attached hydrogen (secondary N) is 1. The van der Waals surface area contributed by atoms with Gasteiger partial charge in [0.15, 0.2) is 0 Å². The van der Waals surface area contributed by atoms with Crippen LogP contribution in [0.5, 0.6) is 0 Å². The van der Waals surface area contributed by atoms with Crippen molar-refractivity contribution in [2.75, 3.05) is 19.7 Å². The van der Waals surface area contributed by atoms with Crippen molar-refractivity contribution in [2.24, 2.45) is 0 Å². The zero-order valence-corrected chi connectivity index (χ0v) is 22.1. The molecule has 5 heteroatoms. The molecule has 2 aromatic carbocycles. The molecule has 0 atom stereocenters. The minimum absolute atomic E-state index is 0.150. The highest BCUT2D eigenvalue weighted by molar-refractivity contribution is 6.30. The summed E-state index contributed by atoms with van der Waals surface area (Å²) in [5.41, 5.74) is 3.47. The average molecular weight is 499 g/mol. The van der Waals surface area contributed by atoms with Gasteiger partial charge in [-0.2, -0.15) is 0 Å². The molecule has 0 radical (unpaired) electrons. The summed E-state index contributed by atoms with van der Waals surface area (Å²) in [6.07, 6.45) is 10.9. The second kappa shape index (κ2) is 15.3. The number of rotatable bonds is 14. The molecule has 3 rings (SSSR count). The minimum Gasteiger partial charge on any atom is -0.396 e. The van der Waals surface area contributed by atoms with Crippen molar-refractivity contribution in [1.29, 1.82) is 0 Å². The van der Waals surface area contributed by atoms with Crippen LogP contribution in [0, 0.1) is 0 Å². The van der Waals surface area contributed by atoms with Gasteiger partial charge in [-0.05, 0) is 92.8 Å². The number of carbonyl (C=O) groups is 1. The van der Waals surface area contributed by atoms with Crippen LogP contribution in [0.25, 0.3) is 0 Å². The van der Waals surface area contributed by atoms with Crippen molar-refractivity contribution < 1.29 is 9.90 Å². The molecule has 2 aromatic rings. The van der Waals surface area contributed by atoms with Crippen LogP contribution in [-0.2, 0) is 6.54 Å². The molecule has 1 aliphatic carbocycles. The van der Waals surface area contributed by atoms with Gasteiger partial charge in [0.05, 0.1) is 0 Å². The molecule has 0 bridgehead atoms. The Morgan fingerprint density at radius 3 is 2.31 bits per heavy atom. The van der Waals surface area contributed by atoms with Crippen molar-refractivity contribution >= 4 is 17.5 Å². The summed E-state index contributed by atoms with van der Waals surface area (Å²) in [7, 11) is 0. The van der Waals surface area contributed by atoms with Gasteiger partial charge in [0.25, 0.3) is 5.91 Å². The number of hydrogen-bond donors (Lipinski definition) is 2. The van der Waals surface area contributed by atoms with Crippen LogP contribution in [0.4, 0.5) is 0 Å². The number of halogens is 1. The van der Waals surface area contributed by atoms with E-state index in [9.17, 15) is 4.79 Å². The third kappa shape index (κ3) is 8.93. The Balaban J connectivity index is 1.55. The number of hydrogen-bond acceptors (Lipinski definition) is 3. The fourth-order valence-electron chi connectivity index (χ4n) is 5.14. The van der Waals surface area contributed by atoms with E-state index in [1.807, 2.05) is 24.3 Å². The molecule has 1 fully saturated rings. The maximum absolute atomic E-state index is 13.4. The van der Waals surface area contributed by atoms with Crippen LogP contribution < -0.4 is 5.32 Å². The fraction of sp³-hybridized carbons (Fsp3) is 0.567. The molecule has 1 amide bonds. The molecular weight excluding hydrogens is 456 g/mol. The molecule has 0 spiro atoms. The summed E-state index contributed by atoms with van der Waals surface area (Å²) >= 11 is 6.05. The Bertz CT molecular complexity index is 861.